The molecule has 2 aromatic rings. The van der Waals surface area contributed by atoms with Gasteiger partial charge in [-0.3, -0.25) is 0 Å². The van der Waals surface area contributed by atoms with Crippen LogP contribution in [0.15, 0.2) is 16.7 Å². The lowest BCUT2D eigenvalue weighted by molar-refractivity contribution is 0.0472. The first-order valence-corrected chi connectivity index (χ1v) is 6.49. The minimum atomic E-state index is -0.605. The van der Waals surface area contributed by atoms with Crippen LogP contribution in [0.3, 0.4) is 0 Å². The summed E-state index contributed by atoms with van der Waals surface area (Å²) in [4.78, 5) is 12.0. The second-order valence-corrected chi connectivity index (χ2v) is 5.07. The molecule has 0 aliphatic heterocycles. The van der Waals surface area contributed by atoms with Crippen LogP contribution >= 0.6 is 23.2 Å². The summed E-state index contributed by atoms with van der Waals surface area (Å²) >= 11 is 11.7. The topological polar surface area (TPSA) is 78.4 Å². The third-order valence-corrected chi connectivity index (χ3v) is 3.37. The van der Waals surface area contributed by atoms with Gasteiger partial charge in [0.05, 0.1) is 27.5 Å². The van der Waals surface area contributed by atoms with Gasteiger partial charge in [0, 0.05) is 5.02 Å². The maximum atomic E-state index is 12.0. The number of carbonyl (C=O) groups excluding carboxylic acids is 1. The zero-order valence-corrected chi connectivity index (χ0v) is 12.4. The van der Waals surface area contributed by atoms with Crippen molar-refractivity contribution in [2.75, 3.05) is 5.73 Å². The number of nitrogen functional groups attached to an aromatic ring is 1. The molecule has 0 bridgehead atoms. The van der Waals surface area contributed by atoms with Gasteiger partial charge in [0.1, 0.15) is 12.4 Å². The molecular formula is C13H12Cl2N2O3. The highest BCUT2D eigenvalue weighted by molar-refractivity contribution is 6.37. The van der Waals surface area contributed by atoms with Gasteiger partial charge in [0.15, 0.2) is 0 Å². The zero-order chi connectivity index (χ0) is 14.9. The third kappa shape index (κ3) is 2.89. The van der Waals surface area contributed by atoms with E-state index in [0.29, 0.717) is 16.5 Å². The molecule has 1 heterocycles. The monoisotopic (exact) mass is 314 g/mol. The number of hydrogen-bond donors (Lipinski definition) is 1. The Morgan fingerprint density at radius 1 is 1.40 bits per heavy atom. The summed E-state index contributed by atoms with van der Waals surface area (Å²) in [5, 5.41) is 4.30. The van der Waals surface area contributed by atoms with Crippen molar-refractivity contribution in [1.82, 2.24) is 5.16 Å². The van der Waals surface area contributed by atoms with Gasteiger partial charge in [-0.05, 0) is 26.0 Å². The molecule has 0 amide bonds. The minimum Gasteiger partial charge on any atom is -0.457 e. The molecule has 106 valence electrons. The molecule has 20 heavy (non-hydrogen) atoms. The molecule has 1 aromatic heterocycles. The molecule has 0 fully saturated rings. The Balaban J connectivity index is 2.17. The van der Waals surface area contributed by atoms with Gasteiger partial charge < -0.3 is 15.0 Å². The van der Waals surface area contributed by atoms with Crippen molar-refractivity contribution in [3.63, 3.8) is 0 Å². The molecule has 0 aliphatic rings. The van der Waals surface area contributed by atoms with Gasteiger partial charge in [0.25, 0.3) is 0 Å². The number of rotatable bonds is 3. The molecule has 0 saturated heterocycles. The van der Waals surface area contributed by atoms with Gasteiger partial charge >= 0.3 is 5.97 Å². The Bertz CT molecular complexity index is 648. The van der Waals surface area contributed by atoms with E-state index in [1.54, 1.807) is 13.8 Å². The highest BCUT2D eigenvalue weighted by atomic mass is 35.5. The molecule has 1 aromatic carbocycles. The lowest BCUT2D eigenvalue weighted by Gasteiger charge is -2.08. The second kappa shape index (κ2) is 5.73. The number of nitrogens with two attached hydrogens (primary N) is 1. The maximum Gasteiger partial charge on any atom is 0.340 e. The zero-order valence-electron chi connectivity index (χ0n) is 10.9. The Hall–Kier alpha value is -1.72. The Kier molecular flexibility index (Phi) is 4.20. The standard InChI is InChI=1S/C13H12Cl2N2O3/c1-6-10(7(2)20-17-6)5-19-13(18)9-3-8(14)4-11(15)12(9)16/h3-4H,5,16H2,1-2H3. The van der Waals surface area contributed by atoms with E-state index in [1.807, 2.05) is 0 Å². The fraction of sp³-hybridized carbons (Fsp3) is 0.231. The van der Waals surface area contributed by atoms with Gasteiger partial charge in [-0.15, -0.1) is 0 Å². The summed E-state index contributed by atoms with van der Waals surface area (Å²) in [6, 6.07) is 2.88. The molecule has 0 aliphatic carbocycles. The van der Waals surface area contributed by atoms with Crippen LogP contribution < -0.4 is 5.73 Å². The summed E-state index contributed by atoms with van der Waals surface area (Å²) in [5.74, 6) is -0.000650. The van der Waals surface area contributed by atoms with E-state index in [0.717, 1.165) is 5.56 Å². The van der Waals surface area contributed by atoms with Crippen LogP contribution in [0, 0.1) is 13.8 Å². The van der Waals surface area contributed by atoms with E-state index in [1.165, 1.54) is 12.1 Å². The number of benzene rings is 1. The summed E-state index contributed by atoms with van der Waals surface area (Å²) in [6.07, 6.45) is 0. The van der Waals surface area contributed by atoms with E-state index >= 15 is 0 Å². The molecule has 0 atom stereocenters. The van der Waals surface area contributed by atoms with Crippen molar-refractivity contribution in [2.45, 2.75) is 20.5 Å². The lowest BCUT2D eigenvalue weighted by atomic mass is 10.2. The van der Waals surface area contributed by atoms with E-state index in [-0.39, 0.29) is 22.9 Å². The van der Waals surface area contributed by atoms with Crippen LogP contribution in [0.25, 0.3) is 0 Å². The molecule has 0 saturated carbocycles. The predicted molar refractivity (Wildman–Crippen MR) is 76.0 cm³/mol. The first-order chi connectivity index (χ1) is 9.40. The van der Waals surface area contributed by atoms with Crippen molar-refractivity contribution in [3.05, 3.63) is 44.8 Å². The summed E-state index contributed by atoms with van der Waals surface area (Å²) in [7, 11) is 0. The number of nitrogens with zero attached hydrogens (tertiary/aromatic N) is 1. The van der Waals surface area contributed by atoms with Gasteiger partial charge in [-0.1, -0.05) is 28.4 Å². The number of aromatic nitrogens is 1. The number of halogens is 2. The highest BCUT2D eigenvalue weighted by Gasteiger charge is 2.17. The number of anilines is 1. The average Bonchev–Trinajstić information content (AvgIpc) is 2.70. The van der Waals surface area contributed by atoms with Crippen LogP contribution in [0.1, 0.15) is 27.4 Å². The fourth-order valence-corrected chi connectivity index (χ4v) is 2.17. The largest absolute Gasteiger partial charge is 0.457 e. The molecule has 0 radical (unpaired) electrons. The number of ether oxygens (including phenoxy) is 1. The average molecular weight is 315 g/mol. The smallest absolute Gasteiger partial charge is 0.340 e. The van der Waals surface area contributed by atoms with Crippen molar-refractivity contribution in [2.24, 2.45) is 0 Å². The number of esters is 1. The van der Waals surface area contributed by atoms with Crippen molar-refractivity contribution < 1.29 is 14.1 Å². The van der Waals surface area contributed by atoms with E-state index < -0.39 is 5.97 Å². The summed E-state index contributed by atoms with van der Waals surface area (Å²) in [5.41, 5.74) is 7.41. The SMILES string of the molecule is Cc1noc(C)c1COC(=O)c1cc(Cl)cc(Cl)c1N. The molecule has 0 unspecified atom stereocenters. The normalized spacial score (nSPS) is 10.6. The summed E-state index contributed by atoms with van der Waals surface area (Å²) < 4.78 is 10.2. The highest BCUT2D eigenvalue weighted by Crippen LogP contribution is 2.28. The first kappa shape index (κ1) is 14.7. The molecule has 2 N–H and O–H groups in total. The summed E-state index contributed by atoms with van der Waals surface area (Å²) in [6.45, 7) is 3.56. The van der Waals surface area contributed by atoms with Gasteiger partial charge in [-0.25, -0.2) is 4.79 Å². The van der Waals surface area contributed by atoms with Gasteiger partial charge in [-0.2, -0.15) is 0 Å². The Labute approximate surface area is 125 Å². The number of carbonyl (C=O) groups is 1. The van der Waals surface area contributed by atoms with Gasteiger partial charge in [0.2, 0.25) is 0 Å². The minimum absolute atomic E-state index is 0.0452. The van der Waals surface area contributed by atoms with Crippen LogP contribution in [-0.4, -0.2) is 11.1 Å². The second-order valence-electron chi connectivity index (χ2n) is 4.23. The van der Waals surface area contributed by atoms with E-state index in [2.05, 4.69) is 5.16 Å². The molecular weight excluding hydrogens is 303 g/mol. The molecule has 7 heteroatoms. The Morgan fingerprint density at radius 3 is 2.70 bits per heavy atom. The molecule has 5 nitrogen and oxygen atoms in total. The quantitative estimate of drug-likeness (QED) is 0.692. The van der Waals surface area contributed by atoms with Crippen LogP contribution in [-0.2, 0) is 11.3 Å². The van der Waals surface area contributed by atoms with Crippen LogP contribution in [0.5, 0.6) is 0 Å². The lowest BCUT2D eigenvalue weighted by Crippen LogP contribution is -2.09. The fourth-order valence-electron chi connectivity index (χ4n) is 1.68. The molecule has 0 spiro atoms. The third-order valence-electron chi connectivity index (χ3n) is 2.84. The van der Waals surface area contributed by atoms with E-state index in [9.17, 15) is 4.79 Å². The van der Waals surface area contributed by atoms with Crippen LogP contribution in [0.4, 0.5) is 5.69 Å². The maximum absolute atomic E-state index is 12.0. The van der Waals surface area contributed by atoms with Crippen molar-refractivity contribution >= 4 is 34.9 Å². The Morgan fingerprint density at radius 2 is 2.10 bits per heavy atom. The number of hydrogen-bond acceptors (Lipinski definition) is 5. The van der Waals surface area contributed by atoms with Crippen molar-refractivity contribution in [3.8, 4) is 0 Å². The number of aryl methyl sites for hydroxylation is 2. The first-order valence-electron chi connectivity index (χ1n) is 5.73. The molecule has 2 rings (SSSR count). The van der Waals surface area contributed by atoms with Crippen molar-refractivity contribution in [1.29, 1.82) is 0 Å². The predicted octanol–water partition coefficient (Wildman–Crippen LogP) is 3.54. The van der Waals surface area contributed by atoms with E-state index in [4.69, 9.17) is 38.2 Å². The van der Waals surface area contributed by atoms with Crippen LogP contribution in [0.2, 0.25) is 10.0 Å².